The Bertz CT molecular complexity index is 712. The maximum absolute atomic E-state index is 13.3. The van der Waals surface area contributed by atoms with Crippen LogP contribution in [0.1, 0.15) is 11.1 Å². The van der Waals surface area contributed by atoms with Gasteiger partial charge < -0.3 is 5.32 Å². The summed E-state index contributed by atoms with van der Waals surface area (Å²) in [6, 6.07) is 12.9. The van der Waals surface area contributed by atoms with E-state index >= 15 is 0 Å². The van der Waals surface area contributed by atoms with Crippen LogP contribution in [0.2, 0.25) is 0 Å². The van der Waals surface area contributed by atoms with Crippen LogP contribution in [-0.2, 0) is 9.59 Å². The van der Waals surface area contributed by atoms with E-state index in [9.17, 15) is 14.0 Å². The number of hydrogen-bond donors (Lipinski definition) is 2. The molecular weight excluding hydrogens is 285 g/mol. The summed E-state index contributed by atoms with van der Waals surface area (Å²) in [7, 11) is 0. The Morgan fingerprint density at radius 1 is 1.05 bits per heavy atom. The zero-order chi connectivity index (χ0) is 15.9. The van der Waals surface area contributed by atoms with Crippen molar-refractivity contribution >= 4 is 23.7 Å². The van der Waals surface area contributed by atoms with Gasteiger partial charge in [-0.25, -0.2) is 9.82 Å². The van der Waals surface area contributed by atoms with Crippen LogP contribution in [0.5, 0.6) is 0 Å². The number of nitrogens with one attached hydrogen (secondary N) is 2. The molecule has 0 fully saturated rings. The average Bonchev–Trinajstić information content (AvgIpc) is 2.51. The first-order valence-electron chi connectivity index (χ1n) is 6.52. The highest BCUT2D eigenvalue weighted by atomic mass is 19.1. The summed E-state index contributed by atoms with van der Waals surface area (Å²) in [5.41, 5.74) is 3.79. The lowest BCUT2D eigenvalue weighted by Gasteiger charge is -2.04. The lowest BCUT2D eigenvalue weighted by atomic mass is 10.2. The van der Waals surface area contributed by atoms with Gasteiger partial charge in [0.2, 0.25) is 0 Å². The molecule has 0 aliphatic heterocycles. The van der Waals surface area contributed by atoms with E-state index < -0.39 is 17.6 Å². The molecule has 2 amide bonds. The fraction of sp³-hybridized carbons (Fsp3) is 0.0625. The van der Waals surface area contributed by atoms with Gasteiger partial charge >= 0.3 is 11.8 Å². The second-order valence-corrected chi connectivity index (χ2v) is 4.54. The van der Waals surface area contributed by atoms with Gasteiger partial charge in [0.1, 0.15) is 5.82 Å². The molecule has 0 unspecified atom stereocenters. The molecule has 2 aromatic carbocycles. The second kappa shape index (κ2) is 7.12. The van der Waals surface area contributed by atoms with Crippen molar-refractivity contribution in [3.63, 3.8) is 0 Å². The third-order valence-corrected chi connectivity index (χ3v) is 2.79. The fourth-order valence-electron chi connectivity index (χ4n) is 1.62. The van der Waals surface area contributed by atoms with Gasteiger partial charge in [-0.15, -0.1) is 0 Å². The number of hydrazone groups is 1. The molecular formula is C16H14FN3O2. The third-order valence-electron chi connectivity index (χ3n) is 2.79. The Labute approximate surface area is 126 Å². The summed E-state index contributed by atoms with van der Waals surface area (Å²) in [6.07, 6.45) is 1.13. The van der Waals surface area contributed by atoms with Crippen LogP contribution in [0.4, 0.5) is 10.1 Å². The number of benzene rings is 2. The van der Waals surface area contributed by atoms with Crippen molar-refractivity contribution in [3.8, 4) is 0 Å². The van der Waals surface area contributed by atoms with Crippen molar-refractivity contribution in [3.05, 3.63) is 65.5 Å². The van der Waals surface area contributed by atoms with Gasteiger partial charge in [-0.1, -0.05) is 35.9 Å². The van der Waals surface area contributed by atoms with Gasteiger partial charge in [0.05, 0.1) is 6.21 Å². The number of nitrogens with zero attached hydrogens (tertiary/aromatic N) is 1. The van der Waals surface area contributed by atoms with Crippen LogP contribution >= 0.6 is 0 Å². The molecule has 0 atom stereocenters. The molecule has 0 aliphatic rings. The van der Waals surface area contributed by atoms with Crippen LogP contribution in [0.25, 0.3) is 0 Å². The van der Waals surface area contributed by atoms with E-state index in [4.69, 9.17) is 0 Å². The summed E-state index contributed by atoms with van der Waals surface area (Å²) in [5, 5.41) is 5.98. The Morgan fingerprint density at radius 3 is 2.41 bits per heavy atom. The Morgan fingerprint density at radius 2 is 1.73 bits per heavy atom. The topological polar surface area (TPSA) is 70.6 Å². The number of aryl methyl sites for hydroxylation is 1. The zero-order valence-electron chi connectivity index (χ0n) is 11.8. The predicted molar refractivity (Wildman–Crippen MR) is 81.9 cm³/mol. The van der Waals surface area contributed by atoms with E-state index in [1.807, 2.05) is 24.5 Å². The Hall–Kier alpha value is -3.02. The Balaban J connectivity index is 1.90. The molecule has 112 valence electrons. The SMILES string of the molecule is Cc1ccc(NC(=O)C(=O)N/N=C\c2ccccc2F)cc1. The summed E-state index contributed by atoms with van der Waals surface area (Å²) in [4.78, 5) is 23.2. The highest BCUT2D eigenvalue weighted by molar-refractivity contribution is 6.39. The summed E-state index contributed by atoms with van der Waals surface area (Å²) >= 11 is 0. The fourth-order valence-corrected chi connectivity index (χ4v) is 1.62. The molecule has 0 bridgehead atoms. The quantitative estimate of drug-likeness (QED) is 0.518. The van der Waals surface area contributed by atoms with Gasteiger partial charge in [-0.05, 0) is 25.1 Å². The van der Waals surface area contributed by atoms with E-state index in [1.54, 1.807) is 24.3 Å². The first-order chi connectivity index (χ1) is 10.6. The van der Waals surface area contributed by atoms with Gasteiger partial charge in [0, 0.05) is 11.3 Å². The molecule has 5 nitrogen and oxygen atoms in total. The summed E-state index contributed by atoms with van der Waals surface area (Å²) in [5.74, 6) is -2.26. The molecule has 0 saturated carbocycles. The molecule has 0 saturated heterocycles. The van der Waals surface area contributed by atoms with Crippen molar-refractivity contribution < 1.29 is 14.0 Å². The highest BCUT2D eigenvalue weighted by Gasteiger charge is 2.12. The molecule has 0 heterocycles. The molecule has 0 aliphatic carbocycles. The van der Waals surface area contributed by atoms with Gasteiger partial charge in [0.15, 0.2) is 0 Å². The van der Waals surface area contributed by atoms with Crippen LogP contribution in [0.3, 0.4) is 0 Å². The lowest BCUT2D eigenvalue weighted by molar-refractivity contribution is -0.136. The van der Waals surface area contributed by atoms with E-state index in [2.05, 4.69) is 10.4 Å². The van der Waals surface area contributed by atoms with Crippen LogP contribution in [0.15, 0.2) is 53.6 Å². The first kappa shape index (κ1) is 15.4. The largest absolute Gasteiger partial charge is 0.329 e. The van der Waals surface area contributed by atoms with Gasteiger partial charge in [-0.3, -0.25) is 9.59 Å². The second-order valence-electron chi connectivity index (χ2n) is 4.54. The number of amides is 2. The van der Waals surface area contributed by atoms with E-state index in [0.717, 1.165) is 11.8 Å². The molecule has 22 heavy (non-hydrogen) atoms. The Kier molecular flexibility index (Phi) is 4.98. The number of anilines is 1. The van der Waals surface area contributed by atoms with Crippen molar-refractivity contribution in [2.45, 2.75) is 6.92 Å². The molecule has 2 N–H and O–H groups in total. The number of hydrogen-bond acceptors (Lipinski definition) is 3. The van der Waals surface area contributed by atoms with Crippen molar-refractivity contribution in [1.29, 1.82) is 0 Å². The van der Waals surface area contributed by atoms with Crippen molar-refractivity contribution in [2.75, 3.05) is 5.32 Å². The molecule has 6 heteroatoms. The maximum atomic E-state index is 13.3. The molecule has 0 aromatic heterocycles. The van der Waals surface area contributed by atoms with Gasteiger partial charge in [0.25, 0.3) is 0 Å². The molecule has 2 aromatic rings. The minimum Gasteiger partial charge on any atom is -0.318 e. The number of carbonyl (C=O) groups excluding carboxylic acids is 2. The summed E-state index contributed by atoms with van der Waals surface area (Å²) in [6.45, 7) is 1.91. The van der Waals surface area contributed by atoms with Gasteiger partial charge in [-0.2, -0.15) is 5.10 Å². The maximum Gasteiger partial charge on any atom is 0.329 e. The van der Waals surface area contributed by atoms with E-state index in [0.29, 0.717) is 5.69 Å². The normalized spacial score (nSPS) is 10.5. The number of halogens is 1. The van der Waals surface area contributed by atoms with Crippen molar-refractivity contribution in [2.24, 2.45) is 5.10 Å². The average molecular weight is 299 g/mol. The summed E-state index contributed by atoms with van der Waals surface area (Å²) < 4.78 is 13.3. The molecule has 0 spiro atoms. The van der Waals surface area contributed by atoms with Crippen LogP contribution in [-0.4, -0.2) is 18.0 Å². The lowest BCUT2D eigenvalue weighted by Crippen LogP contribution is -2.32. The predicted octanol–water partition coefficient (Wildman–Crippen LogP) is 2.22. The van der Waals surface area contributed by atoms with Crippen LogP contribution in [0, 0.1) is 12.7 Å². The highest BCUT2D eigenvalue weighted by Crippen LogP contribution is 2.08. The van der Waals surface area contributed by atoms with E-state index in [-0.39, 0.29) is 5.56 Å². The monoisotopic (exact) mass is 299 g/mol. The molecule has 0 radical (unpaired) electrons. The van der Waals surface area contributed by atoms with Crippen LogP contribution < -0.4 is 10.7 Å². The number of rotatable bonds is 3. The third kappa shape index (κ3) is 4.24. The standard InChI is InChI=1S/C16H14FN3O2/c1-11-6-8-13(9-7-11)19-15(21)16(22)20-18-10-12-4-2-3-5-14(12)17/h2-10H,1H3,(H,19,21)(H,20,22)/b18-10-. The smallest absolute Gasteiger partial charge is 0.318 e. The van der Waals surface area contributed by atoms with E-state index in [1.165, 1.54) is 12.1 Å². The minimum atomic E-state index is -0.937. The van der Waals surface area contributed by atoms with Crippen molar-refractivity contribution in [1.82, 2.24) is 5.43 Å². The number of carbonyl (C=O) groups is 2. The zero-order valence-corrected chi connectivity index (χ0v) is 11.8. The minimum absolute atomic E-state index is 0.210. The molecule has 2 rings (SSSR count). The first-order valence-corrected chi connectivity index (χ1v) is 6.52.